The number of rotatable bonds is 5. The summed E-state index contributed by atoms with van der Waals surface area (Å²) in [7, 11) is 0. The van der Waals surface area contributed by atoms with Crippen molar-refractivity contribution in [1.29, 1.82) is 0 Å². The fraction of sp³-hybridized carbons (Fsp3) is 0.190. The number of aromatic nitrogens is 2. The van der Waals surface area contributed by atoms with Crippen molar-refractivity contribution >= 4 is 17.8 Å². The molecule has 2 aromatic carbocycles. The van der Waals surface area contributed by atoms with E-state index < -0.39 is 0 Å². The van der Waals surface area contributed by atoms with Crippen LogP contribution in [0.15, 0.2) is 53.6 Å². The lowest BCUT2D eigenvalue weighted by molar-refractivity contribution is 0.0955. The van der Waals surface area contributed by atoms with Gasteiger partial charge in [0.1, 0.15) is 0 Å². The third-order valence-corrected chi connectivity index (χ3v) is 4.42. The van der Waals surface area contributed by atoms with Gasteiger partial charge in [0, 0.05) is 22.5 Å². The first-order valence-corrected chi connectivity index (χ1v) is 8.72. The van der Waals surface area contributed by atoms with Crippen molar-refractivity contribution in [1.82, 2.24) is 15.2 Å². The van der Waals surface area contributed by atoms with Crippen LogP contribution in [0.25, 0.3) is 0 Å². The molecule has 0 saturated heterocycles. The fourth-order valence-corrected chi connectivity index (χ4v) is 2.77. The zero-order valence-corrected chi connectivity index (χ0v) is 15.7. The van der Waals surface area contributed by atoms with E-state index >= 15 is 0 Å². The molecule has 0 fully saturated rings. The van der Waals surface area contributed by atoms with Gasteiger partial charge in [0.25, 0.3) is 5.91 Å². The Labute approximate surface area is 158 Å². The molecule has 1 aromatic heterocycles. The number of hydrogen-bond acceptors (Lipinski definition) is 4. The zero-order chi connectivity index (χ0) is 19.4. The maximum Gasteiger partial charge on any atom is 0.271 e. The van der Waals surface area contributed by atoms with Crippen LogP contribution in [0.5, 0.6) is 0 Å². The van der Waals surface area contributed by atoms with Crippen molar-refractivity contribution in [3.8, 4) is 0 Å². The highest BCUT2D eigenvalue weighted by Gasteiger charge is 2.10. The number of nitrogens with two attached hydrogens (primary N) is 1. The molecule has 0 aliphatic carbocycles. The van der Waals surface area contributed by atoms with Gasteiger partial charge in [-0.2, -0.15) is 10.2 Å². The highest BCUT2D eigenvalue weighted by Crippen LogP contribution is 2.13. The van der Waals surface area contributed by atoms with Gasteiger partial charge in [-0.05, 0) is 50.6 Å². The predicted octanol–water partition coefficient (Wildman–Crippen LogP) is 3.20. The van der Waals surface area contributed by atoms with E-state index in [9.17, 15) is 4.79 Å². The molecular formula is C21H23N5O. The Morgan fingerprint density at radius 1 is 1.11 bits per heavy atom. The van der Waals surface area contributed by atoms with Crippen LogP contribution in [0.3, 0.4) is 0 Å². The number of hydrazone groups is 1. The molecule has 1 amide bonds. The largest absolute Gasteiger partial charge is 0.399 e. The molecular weight excluding hydrogens is 338 g/mol. The third-order valence-electron chi connectivity index (χ3n) is 4.42. The Morgan fingerprint density at radius 2 is 1.78 bits per heavy atom. The number of nitrogens with one attached hydrogen (secondary N) is 1. The van der Waals surface area contributed by atoms with Crippen molar-refractivity contribution in [2.24, 2.45) is 5.10 Å². The van der Waals surface area contributed by atoms with Crippen LogP contribution in [0.1, 0.15) is 38.4 Å². The summed E-state index contributed by atoms with van der Waals surface area (Å²) in [5.41, 5.74) is 14.5. The minimum Gasteiger partial charge on any atom is -0.399 e. The first-order chi connectivity index (χ1) is 12.9. The van der Waals surface area contributed by atoms with Crippen molar-refractivity contribution in [3.05, 3.63) is 82.2 Å². The predicted molar refractivity (Wildman–Crippen MR) is 108 cm³/mol. The van der Waals surface area contributed by atoms with E-state index in [1.54, 1.807) is 30.5 Å². The van der Waals surface area contributed by atoms with E-state index in [4.69, 9.17) is 5.73 Å². The lowest BCUT2D eigenvalue weighted by Crippen LogP contribution is -2.17. The van der Waals surface area contributed by atoms with Crippen LogP contribution in [-0.2, 0) is 6.54 Å². The van der Waals surface area contributed by atoms with E-state index in [0.29, 0.717) is 17.8 Å². The number of nitrogen functional groups attached to an aromatic ring is 1. The highest BCUT2D eigenvalue weighted by molar-refractivity contribution is 5.95. The summed E-state index contributed by atoms with van der Waals surface area (Å²) < 4.78 is 1.95. The second-order valence-electron chi connectivity index (χ2n) is 6.55. The van der Waals surface area contributed by atoms with Gasteiger partial charge in [0.2, 0.25) is 0 Å². The van der Waals surface area contributed by atoms with Gasteiger partial charge in [-0.25, -0.2) is 5.43 Å². The summed E-state index contributed by atoms with van der Waals surface area (Å²) in [6.07, 6.45) is 1.64. The van der Waals surface area contributed by atoms with Gasteiger partial charge in [-0.3, -0.25) is 9.48 Å². The summed E-state index contributed by atoms with van der Waals surface area (Å²) in [6, 6.07) is 15.1. The number of carbonyl (C=O) groups excluding carboxylic acids is 1. The monoisotopic (exact) mass is 361 g/mol. The second-order valence-corrected chi connectivity index (χ2v) is 6.55. The maximum atomic E-state index is 12.1. The molecule has 0 unspecified atom stereocenters. The molecule has 0 spiro atoms. The van der Waals surface area contributed by atoms with Gasteiger partial charge < -0.3 is 5.73 Å². The fourth-order valence-electron chi connectivity index (χ4n) is 2.77. The Balaban J connectivity index is 1.70. The smallest absolute Gasteiger partial charge is 0.271 e. The molecule has 0 aliphatic rings. The summed E-state index contributed by atoms with van der Waals surface area (Å²) in [6.45, 7) is 6.69. The Hall–Kier alpha value is -3.41. The Kier molecular flexibility index (Phi) is 5.35. The SMILES string of the molecule is Cc1ccc(Cn2nc(C)c(/C=N\NC(=O)c3ccc(N)cc3)c2C)cc1. The van der Waals surface area contributed by atoms with E-state index in [1.165, 1.54) is 11.1 Å². The van der Waals surface area contributed by atoms with Crippen LogP contribution in [0.2, 0.25) is 0 Å². The van der Waals surface area contributed by atoms with Gasteiger partial charge in [-0.1, -0.05) is 29.8 Å². The number of carbonyl (C=O) groups is 1. The number of anilines is 1. The van der Waals surface area contributed by atoms with Crippen LogP contribution >= 0.6 is 0 Å². The van der Waals surface area contributed by atoms with Crippen LogP contribution in [0, 0.1) is 20.8 Å². The van der Waals surface area contributed by atoms with Crippen LogP contribution in [-0.4, -0.2) is 21.9 Å². The number of nitrogens with zero attached hydrogens (tertiary/aromatic N) is 3. The molecule has 0 aliphatic heterocycles. The quantitative estimate of drug-likeness (QED) is 0.416. The standard InChI is InChI=1S/C21H23N5O/c1-14-4-6-17(7-5-14)13-26-16(3)20(15(2)25-26)12-23-24-21(27)18-8-10-19(22)11-9-18/h4-12H,13,22H2,1-3H3,(H,24,27)/b23-12-. The Morgan fingerprint density at radius 3 is 2.44 bits per heavy atom. The van der Waals surface area contributed by atoms with Gasteiger partial charge in [0.05, 0.1) is 18.5 Å². The van der Waals surface area contributed by atoms with E-state index in [-0.39, 0.29) is 5.91 Å². The minimum absolute atomic E-state index is 0.284. The van der Waals surface area contributed by atoms with E-state index in [0.717, 1.165) is 17.0 Å². The lowest BCUT2D eigenvalue weighted by atomic mass is 10.1. The molecule has 3 aromatic rings. The first kappa shape index (κ1) is 18.4. The van der Waals surface area contributed by atoms with Crippen molar-refractivity contribution in [2.75, 3.05) is 5.73 Å². The topological polar surface area (TPSA) is 85.3 Å². The number of hydrogen-bond donors (Lipinski definition) is 2. The van der Waals surface area contributed by atoms with Crippen LogP contribution in [0.4, 0.5) is 5.69 Å². The molecule has 0 bridgehead atoms. The van der Waals surface area contributed by atoms with Crippen molar-refractivity contribution in [2.45, 2.75) is 27.3 Å². The van der Waals surface area contributed by atoms with Crippen LogP contribution < -0.4 is 11.2 Å². The van der Waals surface area contributed by atoms with E-state index in [1.807, 2.05) is 18.5 Å². The van der Waals surface area contributed by atoms with Crippen molar-refractivity contribution < 1.29 is 4.79 Å². The number of amides is 1. The summed E-state index contributed by atoms with van der Waals surface area (Å²) in [5.74, 6) is -0.284. The Bertz CT molecular complexity index is 969. The third kappa shape index (κ3) is 4.41. The molecule has 0 atom stereocenters. The molecule has 0 saturated carbocycles. The molecule has 1 heterocycles. The number of benzene rings is 2. The zero-order valence-electron chi connectivity index (χ0n) is 15.7. The highest BCUT2D eigenvalue weighted by atomic mass is 16.2. The summed E-state index contributed by atoms with van der Waals surface area (Å²) >= 11 is 0. The molecule has 6 nitrogen and oxygen atoms in total. The van der Waals surface area contributed by atoms with Gasteiger partial charge in [0.15, 0.2) is 0 Å². The van der Waals surface area contributed by atoms with Gasteiger partial charge >= 0.3 is 0 Å². The average molecular weight is 361 g/mol. The van der Waals surface area contributed by atoms with Gasteiger partial charge in [-0.15, -0.1) is 0 Å². The molecule has 3 rings (SSSR count). The lowest BCUT2D eigenvalue weighted by Gasteiger charge is -2.05. The summed E-state index contributed by atoms with van der Waals surface area (Å²) in [5, 5.41) is 8.68. The molecule has 138 valence electrons. The maximum absolute atomic E-state index is 12.1. The molecule has 0 radical (unpaired) electrons. The number of aryl methyl sites for hydroxylation is 2. The second kappa shape index (κ2) is 7.86. The molecule has 6 heteroatoms. The minimum atomic E-state index is -0.284. The summed E-state index contributed by atoms with van der Waals surface area (Å²) in [4.78, 5) is 12.1. The first-order valence-electron chi connectivity index (χ1n) is 8.72. The molecule has 27 heavy (non-hydrogen) atoms. The van der Waals surface area contributed by atoms with Crippen molar-refractivity contribution in [3.63, 3.8) is 0 Å². The average Bonchev–Trinajstić information content (AvgIpc) is 2.91. The normalized spacial score (nSPS) is 11.1. The van der Waals surface area contributed by atoms with E-state index in [2.05, 4.69) is 46.8 Å². The molecule has 3 N–H and O–H groups in total.